The second-order valence-electron chi connectivity index (χ2n) is 9.21. The number of carbonyl (C=O) groups excluding carboxylic acids is 1. The minimum Gasteiger partial charge on any atom is -0.477 e. The molecular weight excluding hydrogens is 398 g/mol. The Morgan fingerprint density at radius 1 is 1.00 bits per heavy atom. The molecule has 0 fully saturated rings. The highest BCUT2D eigenvalue weighted by molar-refractivity contribution is 5.76. The molecule has 0 bridgehead atoms. The van der Waals surface area contributed by atoms with Crippen LogP contribution in [0.2, 0.25) is 0 Å². The Kier molecular flexibility index (Phi) is 15.0. The molecule has 1 heterocycles. The van der Waals surface area contributed by atoms with Gasteiger partial charge in [-0.2, -0.15) is 0 Å². The monoisotopic (exact) mass is 443 g/mol. The lowest BCUT2D eigenvalue weighted by molar-refractivity contribution is -0.996. The number of nitrogens with zero attached hydrogens (tertiary/aromatic N) is 3. The van der Waals surface area contributed by atoms with E-state index in [-0.39, 0.29) is 12.5 Å². The Bertz CT molecular complexity index is 558. The van der Waals surface area contributed by atoms with Crippen LogP contribution in [0.25, 0.3) is 0 Å². The molecule has 180 valence electrons. The number of unbranched alkanes of at least 4 members (excludes halogenated alkanes) is 9. The van der Waals surface area contributed by atoms with Crippen LogP contribution < -0.4 is 0 Å². The summed E-state index contributed by atoms with van der Waals surface area (Å²) < 4.78 is 4.74. The van der Waals surface area contributed by atoms with E-state index in [1.807, 2.05) is 21.1 Å². The Balaban J connectivity index is 0.000000954. The molecule has 0 saturated heterocycles. The van der Waals surface area contributed by atoms with Crippen molar-refractivity contribution in [1.29, 1.82) is 0 Å². The summed E-state index contributed by atoms with van der Waals surface area (Å²) in [6.07, 6.45) is 17.5. The van der Waals surface area contributed by atoms with E-state index in [1.165, 1.54) is 77.2 Å². The molecule has 2 atom stereocenters. The fraction of sp³-hybridized carbons (Fsp3) is 0.783. The van der Waals surface area contributed by atoms with Gasteiger partial charge in [-0.25, -0.2) is 19.8 Å². The number of carboxylic acid groups (broad SMARTS) is 1. The van der Waals surface area contributed by atoms with Gasteiger partial charge >= 0.3 is 11.9 Å². The Morgan fingerprint density at radius 2 is 1.52 bits per heavy atom. The number of hydrogen-bond donors (Lipinski definition) is 2. The van der Waals surface area contributed by atoms with Gasteiger partial charge in [0.1, 0.15) is 0 Å². The summed E-state index contributed by atoms with van der Waals surface area (Å²) in [5.74, 6) is -1.14. The molecule has 0 aromatic carbocycles. The SMILES string of the molecule is CCCCCCCCCCCCC(C(=O)OC)[N+]1(O)C=CN=C1.C[N+](C)(C)CC(=O)O. The highest BCUT2D eigenvalue weighted by Crippen LogP contribution is 2.21. The van der Waals surface area contributed by atoms with Gasteiger partial charge in [-0.3, -0.25) is 0 Å². The zero-order valence-corrected chi connectivity index (χ0v) is 20.3. The Morgan fingerprint density at radius 3 is 1.87 bits per heavy atom. The Labute approximate surface area is 188 Å². The highest BCUT2D eigenvalue weighted by Gasteiger charge is 2.41. The molecule has 1 aliphatic rings. The van der Waals surface area contributed by atoms with E-state index >= 15 is 0 Å². The van der Waals surface area contributed by atoms with Crippen molar-refractivity contribution in [3.63, 3.8) is 0 Å². The van der Waals surface area contributed by atoms with E-state index in [9.17, 15) is 14.8 Å². The van der Waals surface area contributed by atoms with E-state index < -0.39 is 16.7 Å². The van der Waals surface area contributed by atoms with Crippen LogP contribution in [0, 0.1) is 0 Å². The van der Waals surface area contributed by atoms with Gasteiger partial charge in [0.15, 0.2) is 12.7 Å². The first-order chi connectivity index (χ1) is 14.6. The van der Waals surface area contributed by atoms with E-state index in [4.69, 9.17) is 9.84 Å². The third-order valence-electron chi connectivity index (χ3n) is 5.06. The van der Waals surface area contributed by atoms with Gasteiger partial charge in [0.2, 0.25) is 12.4 Å². The van der Waals surface area contributed by atoms with Gasteiger partial charge in [0.05, 0.1) is 34.5 Å². The smallest absolute Gasteiger partial charge is 0.368 e. The van der Waals surface area contributed by atoms with E-state index in [0.717, 1.165) is 12.8 Å². The van der Waals surface area contributed by atoms with E-state index in [1.54, 1.807) is 0 Å². The first-order valence-electron chi connectivity index (χ1n) is 11.5. The molecule has 0 aliphatic carbocycles. The molecule has 2 N–H and O–H groups in total. The van der Waals surface area contributed by atoms with Crippen molar-refractivity contribution in [2.75, 3.05) is 34.8 Å². The maximum Gasteiger partial charge on any atom is 0.368 e. The summed E-state index contributed by atoms with van der Waals surface area (Å²) in [4.78, 5) is 25.8. The van der Waals surface area contributed by atoms with Crippen LogP contribution in [-0.2, 0) is 14.3 Å². The van der Waals surface area contributed by atoms with Crippen molar-refractivity contribution in [3.05, 3.63) is 12.4 Å². The fourth-order valence-corrected chi connectivity index (χ4v) is 3.37. The summed E-state index contributed by atoms with van der Waals surface area (Å²) >= 11 is 0. The number of quaternary nitrogens is 2. The van der Waals surface area contributed by atoms with Crippen LogP contribution in [0.1, 0.15) is 77.6 Å². The van der Waals surface area contributed by atoms with Crippen molar-refractivity contribution >= 4 is 18.3 Å². The highest BCUT2D eigenvalue weighted by atomic mass is 16.6. The van der Waals surface area contributed by atoms with Gasteiger partial charge in [-0.15, -0.1) is 4.65 Å². The number of aliphatic imine (C=N–C) groups is 1. The average Bonchev–Trinajstić information content (AvgIpc) is 3.11. The van der Waals surface area contributed by atoms with Crippen molar-refractivity contribution < 1.29 is 33.8 Å². The molecule has 2 unspecified atom stereocenters. The first kappa shape index (κ1) is 29.2. The number of carbonyl (C=O) groups is 2. The summed E-state index contributed by atoms with van der Waals surface area (Å²) in [7, 11) is 6.88. The maximum atomic E-state index is 11.9. The third-order valence-corrected chi connectivity index (χ3v) is 5.06. The van der Waals surface area contributed by atoms with Crippen LogP contribution in [0.5, 0.6) is 0 Å². The fourth-order valence-electron chi connectivity index (χ4n) is 3.37. The summed E-state index contributed by atoms with van der Waals surface area (Å²) in [6, 6.07) is -0.614. The van der Waals surface area contributed by atoms with Gasteiger partial charge in [0.25, 0.3) is 0 Å². The molecule has 8 nitrogen and oxygen atoms in total. The van der Waals surface area contributed by atoms with Crippen molar-refractivity contribution in [3.8, 4) is 0 Å². The van der Waals surface area contributed by atoms with Gasteiger partial charge in [0, 0.05) is 6.42 Å². The molecule has 31 heavy (non-hydrogen) atoms. The molecule has 8 heteroatoms. The molecule has 1 aliphatic heterocycles. The van der Waals surface area contributed by atoms with Gasteiger partial charge in [-0.05, 0) is 6.42 Å². The molecule has 0 spiro atoms. The molecule has 0 radical (unpaired) electrons. The second-order valence-corrected chi connectivity index (χ2v) is 9.21. The number of likely N-dealkylation sites (N-methyl/N-ethyl adjacent to an activating group) is 1. The van der Waals surface area contributed by atoms with Crippen LogP contribution in [0.15, 0.2) is 17.4 Å². The number of methoxy groups -OCH3 is 1. The standard InChI is InChI=1S/C18H33N2O3.C5H11NO2/c1-3-4-5-6-7-8-9-10-11-12-13-17(18(21)23-2)20(22)15-14-19-16-20;1-6(2,3)4-5(7)8/h14-17,22H,3-13H2,1-2H3;4H2,1-3H3/q+1;/p+1. The largest absolute Gasteiger partial charge is 0.477 e. The lowest BCUT2D eigenvalue weighted by Crippen LogP contribution is -2.51. The predicted molar refractivity (Wildman–Crippen MR) is 122 cm³/mol. The average molecular weight is 444 g/mol. The molecule has 0 aromatic rings. The van der Waals surface area contributed by atoms with Crippen molar-refractivity contribution in [2.45, 2.75) is 83.6 Å². The number of carboxylic acids is 1. The van der Waals surface area contributed by atoms with Crippen LogP contribution in [0.4, 0.5) is 0 Å². The zero-order chi connectivity index (χ0) is 23.8. The number of hydrogen-bond acceptors (Lipinski definition) is 5. The maximum absolute atomic E-state index is 11.9. The van der Waals surface area contributed by atoms with Crippen LogP contribution in [0.3, 0.4) is 0 Å². The number of hydroxylamine groups is 3. The van der Waals surface area contributed by atoms with Gasteiger partial charge in [-0.1, -0.05) is 64.7 Å². The second kappa shape index (κ2) is 15.9. The molecular formula is C23H45N3O5+2. The third kappa shape index (κ3) is 14.8. The molecule has 0 aromatic heterocycles. The topological polar surface area (TPSA) is 96.2 Å². The van der Waals surface area contributed by atoms with Crippen molar-refractivity contribution in [1.82, 2.24) is 0 Å². The zero-order valence-electron chi connectivity index (χ0n) is 20.3. The minimum atomic E-state index is -0.752. The number of rotatable bonds is 15. The van der Waals surface area contributed by atoms with Crippen molar-refractivity contribution in [2.24, 2.45) is 4.99 Å². The number of aliphatic carboxylic acids is 1. The summed E-state index contributed by atoms with van der Waals surface area (Å²) in [5, 5.41) is 18.6. The first-order valence-corrected chi connectivity index (χ1v) is 11.5. The summed E-state index contributed by atoms with van der Waals surface area (Å²) in [6.45, 7) is 2.42. The lowest BCUT2D eigenvalue weighted by Gasteiger charge is -2.25. The minimum absolute atomic E-state index is 0.181. The quantitative estimate of drug-likeness (QED) is 0.223. The van der Waals surface area contributed by atoms with E-state index in [2.05, 4.69) is 11.9 Å². The molecule has 0 amide bonds. The lowest BCUT2D eigenvalue weighted by atomic mass is 10.0. The number of ether oxygens (including phenoxy) is 1. The molecule has 0 saturated carbocycles. The van der Waals surface area contributed by atoms with Crippen LogP contribution in [-0.4, -0.2) is 78.6 Å². The predicted octanol–water partition coefficient (Wildman–Crippen LogP) is 4.34. The van der Waals surface area contributed by atoms with Crippen LogP contribution >= 0.6 is 0 Å². The van der Waals surface area contributed by atoms with E-state index in [0.29, 0.717) is 10.9 Å². The molecule has 1 rings (SSSR count). The normalized spacial score (nSPS) is 18.4. The Hall–Kier alpha value is -1.77. The number of esters is 1. The van der Waals surface area contributed by atoms with Gasteiger partial charge < -0.3 is 14.3 Å². The summed E-state index contributed by atoms with van der Waals surface area (Å²) in [5.41, 5.74) is 0.